The van der Waals surface area contributed by atoms with Gasteiger partial charge in [-0.1, -0.05) is 0 Å². The molecule has 0 saturated carbocycles. The molecule has 0 heterocycles. The monoisotopic (exact) mass is 262 g/mol. The number of phenolic OH excluding ortho intramolecular Hbond substituents is 1. The van der Waals surface area contributed by atoms with Crippen LogP contribution in [-0.4, -0.2) is 35.6 Å². The molecule has 1 N–H and O–H groups in total. The summed E-state index contributed by atoms with van der Waals surface area (Å²) in [5.74, 6) is 0.0829. The molecule has 0 aromatic heterocycles. The van der Waals surface area contributed by atoms with Crippen molar-refractivity contribution in [2.45, 2.75) is 26.3 Å². The molecule has 5 nitrogen and oxygen atoms in total. The molecule has 1 amide bonds. The SMILES string of the molecule is COc1ccc(C(=O)N(CCC#N)C(C)C)c(O)c1. The molecule has 5 heteroatoms. The second kappa shape index (κ2) is 6.64. The van der Waals surface area contributed by atoms with E-state index in [4.69, 9.17) is 10.00 Å². The molecule has 0 saturated heterocycles. The standard InChI is InChI=1S/C14H18N2O3/c1-10(2)16(8-4-7-15)14(18)12-6-5-11(19-3)9-13(12)17/h5-6,9-10,17H,4,8H2,1-3H3. The van der Waals surface area contributed by atoms with E-state index >= 15 is 0 Å². The van der Waals surface area contributed by atoms with E-state index in [0.29, 0.717) is 12.3 Å². The molecule has 0 spiro atoms. The van der Waals surface area contributed by atoms with Crippen LogP contribution in [0.4, 0.5) is 0 Å². The molecule has 0 unspecified atom stereocenters. The maximum atomic E-state index is 12.3. The summed E-state index contributed by atoms with van der Waals surface area (Å²) in [5.41, 5.74) is 0.215. The lowest BCUT2D eigenvalue weighted by Gasteiger charge is -2.26. The Balaban J connectivity index is 3.00. The zero-order valence-corrected chi connectivity index (χ0v) is 11.4. The third-order valence-corrected chi connectivity index (χ3v) is 2.78. The third-order valence-electron chi connectivity index (χ3n) is 2.78. The Bertz CT molecular complexity index is 492. The molecule has 0 aliphatic heterocycles. The van der Waals surface area contributed by atoms with E-state index < -0.39 is 0 Å². The number of hydrogen-bond acceptors (Lipinski definition) is 4. The lowest BCUT2D eigenvalue weighted by Crippen LogP contribution is -2.37. The van der Waals surface area contributed by atoms with Crippen molar-refractivity contribution in [3.63, 3.8) is 0 Å². The molecule has 0 bridgehead atoms. The predicted molar refractivity (Wildman–Crippen MR) is 71.1 cm³/mol. The van der Waals surface area contributed by atoms with E-state index in [1.54, 1.807) is 11.0 Å². The minimum Gasteiger partial charge on any atom is -0.507 e. The van der Waals surface area contributed by atoms with E-state index in [1.807, 2.05) is 19.9 Å². The van der Waals surface area contributed by atoms with Gasteiger partial charge in [-0.05, 0) is 26.0 Å². The number of aromatic hydroxyl groups is 1. The van der Waals surface area contributed by atoms with Crippen LogP contribution in [0.5, 0.6) is 11.5 Å². The average Bonchev–Trinajstić information content (AvgIpc) is 2.38. The molecule has 1 aromatic carbocycles. The van der Waals surface area contributed by atoms with Crippen molar-refractivity contribution in [3.05, 3.63) is 23.8 Å². The summed E-state index contributed by atoms with van der Waals surface area (Å²) in [6.07, 6.45) is 0.265. The van der Waals surface area contributed by atoms with Crippen LogP contribution >= 0.6 is 0 Å². The van der Waals surface area contributed by atoms with Gasteiger partial charge in [0.05, 0.1) is 25.2 Å². The van der Waals surface area contributed by atoms with Crippen LogP contribution in [0.2, 0.25) is 0 Å². The van der Waals surface area contributed by atoms with Crippen molar-refractivity contribution in [1.29, 1.82) is 5.26 Å². The quantitative estimate of drug-likeness (QED) is 0.882. The van der Waals surface area contributed by atoms with Gasteiger partial charge in [0, 0.05) is 18.7 Å². The van der Waals surface area contributed by atoms with Gasteiger partial charge >= 0.3 is 0 Å². The summed E-state index contributed by atoms with van der Waals surface area (Å²) < 4.78 is 4.97. The minimum absolute atomic E-state index is 0.0395. The highest BCUT2D eigenvalue weighted by molar-refractivity contribution is 5.97. The number of rotatable bonds is 5. The highest BCUT2D eigenvalue weighted by Crippen LogP contribution is 2.25. The van der Waals surface area contributed by atoms with Gasteiger partial charge in [-0.2, -0.15) is 5.26 Å². The first-order valence-corrected chi connectivity index (χ1v) is 6.06. The summed E-state index contributed by atoms with van der Waals surface area (Å²) in [6, 6.07) is 6.52. The van der Waals surface area contributed by atoms with Gasteiger partial charge in [-0.25, -0.2) is 0 Å². The van der Waals surface area contributed by atoms with E-state index in [1.165, 1.54) is 19.2 Å². The van der Waals surface area contributed by atoms with Crippen LogP contribution < -0.4 is 4.74 Å². The van der Waals surface area contributed by atoms with Gasteiger partial charge in [0.25, 0.3) is 5.91 Å². The van der Waals surface area contributed by atoms with E-state index in [-0.39, 0.29) is 29.7 Å². The highest BCUT2D eigenvalue weighted by Gasteiger charge is 2.21. The summed E-state index contributed by atoms with van der Waals surface area (Å²) in [6.45, 7) is 4.09. The fourth-order valence-electron chi connectivity index (χ4n) is 1.74. The number of carbonyl (C=O) groups excluding carboxylic acids is 1. The first kappa shape index (κ1) is 14.8. The van der Waals surface area contributed by atoms with Gasteiger partial charge in [-0.15, -0.1) is 0 Å². The molecular formula is C14H18N2O3. The maximum absolute atomic E-state index is 12.3. The number of amides is 1. The summed E-state index contributed by atoms with van der Waals surface area (Å²) in [7, 11) is 1.49. The predicted octanol–water partition coefficient (Wildman–Crippen LogP) is 2.17. The van der Waals surface area contributed by atoms with Crippen LogP contribution in [0.1, 0.15) is 30.6 Å². The number of phenols is 1. The largest absolute Gasteiger partial charge is 0.507 e. The van der Waals surface area contributed by atoms with Gasteiger partial charge in [0.1, 0.15) is 11.5 Å². The van der Waals surface area contributed by atoms with Gasteiger partial charge < -0.3 is 14.7 Å². The number of carbonyl (C=O) groups is 1. The molecule has 19 heavy (non-hydrogen) atoms. The second-order valence-electron chi connectivity index (χ2n) is 4.38. The van der Waals surface area contributed by atoms with Gasteiger partial charge in [-0.3, -0.25) is 4.79 Å². The third kappa shape index (κ3) is 3.62. The van der Waals surface area contributed by atoms with Crippen molar-refractivity contribution >= 4 is 5.91 Å². The zero-order valence-electron chi connectivity index (χ0n) is 11.4. The first-order valence-electron chi connectivity index (χ1n) is 6.06. The molecule has 102 valence electrons. The van der Waals surface area contributed by atoms with E-state index in [9.17, 15) is 9.90 Å². The van der Waals surface area contributed by atoms with Gasteiger partial charge in [0.2, 0.25) is 0 Å². The number of hydrogen-bond donors (Lipinski definition) is 1. The lowest BCUT2D eigenvalue weighted by atomic mass is 10.1. The summed E-state index contributed by atoms with van der Waals surface area (Å²) >= 11 is 0. The molecule has 0 fully saturated rings. The van der Waals surface area contributed by atoms with Crippen molar-refractivity contribution < 1.29 is 14.6 Å². The fourth-order valence-corrected chi connectivity index (χ4v) is 1.74. The van der Waals surface area contributed by atoms with E-state index in [2.05, 4.69) is 0 Å². The van der Waals surface area contributed by atoms with Crippen LogP contribution in [0.3, 0.4) is 0 Å². The number of nitriles is 1. The lowest BCUT2D eigenvalue weighted by molar-refractivity contribution is 0.0707. The average molecular weight is 262 g/mol. The van der Waals surface area contributed by atoms with Crippen molar-refractivity contribution in [2.75, 3.05) is 13.7 Å². The van der Waals surface area contributed by atoms with Crippen molar-refractivity contribution in [2.24, 2.45) is 0 Å². The van der Waals surface area contributed by atoms with Crippen LogP contribution in [0, 0.1) is 11.3 Å². The Hall–Kier alpha value is -2.22. The van der Waals surface area contributed by atoms with Crippen molar-refractivity contribution in [1.82, 2.24) is 4.90 Å². The molecule has 0 aliphatic carbocycles. The molecular weight excluding hydrogens is 244 g/mol. The Morgan fingerprint density at radius 2 is 2.21 bits per heavy atom. The Morgan fingerprint density at radius 1 is 1.53 bits per heavy atom. The molecule has 0 radical (unpaired) electrons. The number of benzene rings is 1. The first-order chi connectivity index (χ1) is 9.01. The fraction of sp³-hybridized carbons (Fsp3) is 0.429. The van der Waals surface area contributed by atoms with Gasteiger partial charge in [0.15, 0.2) is 0 Å². The molecule has 1 rings (SSSR count). The molecule has 1 aromatic rings. The smallest absolute Gasteiger partial charge is 0.257 e. The van der Waals surface area contributed by atoms with Crippen molar-refractivity contribution in [3.8, 4) is 17.6 Å². The Kier molecular flexibility index (Phi) is 5.19. The minimum atomic E-state index is -0.287. The Labute approximate surface area is 113 Å². The maximum Gasteiger partial charge on any atom is 0.257 e. The molecule has 0 atom stereocenters. The van der Waals surface area contributed by atoms with Crippen LogP contribution in [0.25, 0.3) is 0 Å². The number of nitrogens with zero attached hydrogens (tertiary/aromatic N) is 2. The van der Waals surface area contributed by atoms with Crippen LogP contribution in [0.15, 0.2) is 18.2 Å². The Morgan fingerprint density at radius 3 is 2.68 bits per heavy atom. The van der Waals surface area contributed by atoms with E-state index in [0.717, 1.165) is 0 Å². The number of ether oxygens (including phenoxy) is 1. The second-order valence-corrected chi connectivity index (χ2v) is 4.38. The highest BCUT2D eigenvalue weighted by atomic mass is 16.5. The molecule has 0 aliphatic rings. The number of methoxy groups -OCH3 is 1. The van der Waals surface area contributed by atoms with Crippen LogP contribution in [-0.2, 0) is 0 Å². The topological polar surface area (TPSA) is 73.6 Å². The normalized spacial score (nSPS) is 10.1. The summed E-state index contributed by atoms with van der Waals surface area (Å²) in [4.78, 5) is 13.9. The zero-order chi connectivity index (χ0) is 14.4. The summed E-state index contributed by atoms with van der Waals surface area (Å²) in [5, 5.41) is 18.5.